The highest BCUT2D eigenvalue weighted by atomic mass is 32.2. The van der Waals surface area contributed by atoms with E-state index in [1.54, 1.807) is 17.1 Å². The van der Waals surface area contributed by atoms with Gasteiger partial charge in [0.2, 0.25) is 0 Å². The number of hydrogen-bond donors (Lipinski definition) is 1. The Morgan fingerprint density at radius 3 is 3.06 bits per heavy atom. The van der Waals surface area contributed by atoms with E-state index in [0.29, 0.717) is 0 Å². The van der Waals surface area contributed by atoms with Crippen molar-refractivity contribution in [2.24, 2.45) is 0 Å². The topological polar surface area (TPSA) is 59.3 Å². The Bertz CT molecular complexity index is 537. The Labute approximate surface area is 103 Å². The summed E-state index contributed by atoms with van der Waals surface area (Å²) in [6.45, 7) is 2.82. The van der Waals surface area contributed by atoms with Crippen LogP contribution in [0.2, 0.25) is 0 Å². The average Bonchev–Trinajstić information content (AvgIpc) is 2.71. The van der Waals surface area contributed by atoms with Gasteiger partial charge in [-0.15, -0.1) is 0 Å². The van der Waals surface area contributed by atoms with Gasteiger partial charge in [0.25, 0.3) is 0 Å². The lowest BCUT2D eigenvalue weighted by atomic mass is 10.3. The molecule has 0 amide bonds. The van der Waals surface area contributed by atoms with Gasteiger partial charge in [-0.1, -0.05) is 0 Å². The highest BCUT2D eigenvalue weighted by Gasteiger charge is 2.03. The first kappa shape index (κ1) is 12.0. The quantitative estimate of drug-likeness (QED) is 0.813. The van der Waals surface area contributed by atoms with Crippen molar-refractivity contribution in [2.45, 2.75) is 13.3 Å². The van der Waals surface area contributed by atoms with Gasteiger partial charge in [0.1, 0.15) is 12.1 Å². The lowest BCUT2D eigenvalue weighted by molar-refractivity contribution is 0.685. The summed E-state index contributed by atoms with van der Waals surface area (Å²) in [4.78, 5) is 4.16. The highest BCUT2D eigenvalue weighted by Crippen LogP contribution is 2.12. The zero-order chi connectivity index (χ0) is 12.3. The van der Waals surface area contributed by atoms with Gasteiger partial charge >= 0.3 is 0 Å². The van der Waals surface area contributed by atoms with E-state index in [1.165, 1.54) is 0 Å². The Morgan fingerprint density at radius 1 is 1.47 bits per heavy atom. The molecule has 0 radical (unpaired) electrons. The fourth-order valence-electron chi connectivity index (χ4n) is 1.67. The molecule has 0 bridgehead atoms. The Hall–Kier alpha value is -1.43. The average molecular weight is 252 g/mol. The SMILES string of the molecule is Cc1cc(NCCCS(C)=O)n2ncnc2c1. The van der Waals surface area contributed by atoms with Crippen LogP contribution in [-0.2, 0) is 10.8 Å². The molecule has 2 aromatic heterocycles. The Morgan fingerprint density at radius 2 is 2.29 bits per heavy atom. The molecule has 0 spiro atoms. The number of hydrogen-bond acceptors (Lipinski definition) is 4. The fourth-order valence-corrected chi connectivity index (χ4v) is 2.23. The van der Waals surface area contributed by atoms with Gasteiger partial charge in [-0.05, 0) is 31.0 Å². The smallest absolute Gasteiger partial charge is 0.157 e. The monoisotopic (exact) mass is 252 g/mol. The first-order chi connectivity index (χ1) is 8.16. The molecular weight excluding hydrogens is 236 g/mol. The third-order valence-corrected chi connectivity index (χ3v) is 3.30. The van der Waals surface area contributed by atoms with Crippen molar-refractivity contribution in [3.63, 3.8) is 0 Å². The largest absolute Gasteiger partial charge is 0.370 e. The minimum absolute atomic E-state index is 0.722. The van der Waals surface area contributed by atoms with Gasteiger partial charge in [0.15, 0.2) is 5.65 Å². The molecule has 0 saturated carbocycles. The maximum absolute atomic E-state index is 10.9. The number of aromatic nitrogens is 3. The summed E-state index contributed by atoms with van der Waals surface area (Å²) < 4.78 is 12.7. The molecule has 1 atom stereocenters. The van der Waals surface area contributed by atoms with Crippen molar-refractivity contribution in [1.29, 1.82) is 0 Å². The predicted molar refractivity (Wildman–Crippen MR) is 69.8 cm³/mol. The minimum atomic E-state index is -0.722. The normalized spacial score (nSPS) is 12.8. The lowest BCUT2D eigenvalue weighted by Gasteiger charge is -2.08. The maximum atomic E-state index is 10.9. The lowest BCUT2D eigenvalue weighted by Crippen LogP contribution is -2.09. The molecule has 0 aliphatic rings. The molecule has 1 N–H and O–H groups in total. The number of rotatable bonds is 5. The minimum Gasteiger partial charge on any atom is -0.370 e. The van der Waals surface area contributed by atoms with E-state index in [9.17, 15) is 4.21 Å². The van der Waals surface area contributed by atoms with E-state index in [1.807, 2.05) is 19.1 Å². The number of pyridine rings is 1. The zero-order valence-electron chi connectivity index (χ0n) is 10.0. The van der Waals surface area contributed by atoms with E-state index in [0.717, 1.165) is 35.7 Å². The van der Waals surface area contributed by atoms with Crippen LogP contribution >= 0.6 is 0 Å². The molecule has 0 saturated heterocycles. The van der Waals surface area contributed by atoms with Crippen LogP contribution in [0.25, 0.3) is 5.65 Å². The van der Waals surface area contributed by atoms with Crippen LogP contribution in [0.4, 0.5) is 5.82 Å². The van der Waals surface area contributed by atoms with E-state index < -0.39 is 10.8 Å². The van der Waals surface area contributed by atoms with Gasteiger partial charge in [0, 0.05) is 29.4 Å². The van der Waals surface area contributed by atoms with Crippen molar-refractivity contribution in [3.8, 4) is 0 Å². The molecule has 1 unspecified atom stereocenters. The molecule has 2 aromatic rings. The van der Waals surface area contributed by atoms with Crippen molar-refractivity contribution >= 4 is 22.3 Å². The molecule has 92 valence electrons. The molecule has 0 aliphatic heterocycles. The molecule has 6 heteroatoms. The second kappa shape index (κ2) is 5.27. The predicted octanol–water partition coefficient (Wildman–Crippen LogP) is 1.22. The summed E-state index contributed by atoms with van der Waals surface area (Å²) >= 11 is 0. The van der Waals surface area contributed by atoms with Crippen LogP contribution in [0.5, 0.6) is 0 Å². The summed E-state index contributed by atoms with van der Waals surface area (Å²) in [6, 6.07) is 4.02. The fraction of sp³-hybridized carbons (Fsp3) is 0.455. The first-order valence-corrected chi connectivity index (χ1v) is 7.24. The third-order valence-electron chi connectivity index (χ3n) is 2.44. The van der Waals surface area contributed by atoms with Crippen LogP contribution < -0.4 is 5.32 Å². The number of nitrogens with zero attached hydrogens (tertiary/aromatic N) is 3. The van der Waals surface area contributed by atoms with Crippen molar-refractivity contribution in [3.05, 3.63) is 24.0 Å². The standard InChI is InChI=1S/C11H16N4OS/c1-9-6-10(12-4-3-5-17(2)16)15-11(7-9)13-8-14-15/h6-8,12H,3-5H2,1-2H3. The van der Waals surface area contributed by atoms with E-state index in [-0.39, 0.29) is 0 Å². The zero-order valence-corrected chi connectivity index (χ0v) is 10.8. The Kier molecular flexibility index (Phi) is 3.73. The molecule has 5 nitrogen and oxygen atoms in total. The molecule has 0 fully saturated rings. The van der Waals surface area contributed by atoms with Gasteiger partial charge in [-0.25, -0.2) is 4.98 Å². The molecule has 0 aromatic carbocycles. The second-order valence-corrected chi connectivity index (χ2v) is 5.56. The summed E-state index contributed by atoms with van der Waals surface area (Å²) in [7, 11) is -0.722. The number of anilines is 1. The van der Waals surface area contributed by atoms with Crippen LogP contribution in [0.1, 0.15) is 12.0 Å². The maximum Gasteiger partial charge on any atom is 0.157 e. The van der Waals surface area contributed by atoms with Crippen LogP contribution in [0, 0.1) is 6.92 Å². The van der Waals surface area contributed by atoms with Crippen molar-refractivity contribution < 1.29 is 4.21 Å². The number of nitrogens with one attached hydrogen (secondary N) is 1. The number of aryl methyl sites for hydroxylation is 1. The van der Waals surface area contributed by atoms with Crippen LogP contribution in [-0.4, -0.2) is 37.4 Å². The summed E-state index contributed by atoms with van der Waals surface area (Å²) in [5.41, 5.74) is 1.98. The van der Waals surface area contributed by atoms with Gasteiger partial charge in [-0.3, -0.25) is 4.21 Å². The van der Waals surface area contributed by atoms with E-state index in [4.69, 9.17) is 0 Å². The molecule has 17 heavy (non-hydrogen) atoms. The molecule has 2 heterocycles. The summed E-state index contributed by atoms with van der Waals surface area (Å²) in [5, 5.41) is 7.45. The van der Waals surface area contributed by atoms with E-state index in [2.05, 4.69) is 15.4 Å². The first-order valence-electron chi connectivity index (χ1n) is 5.51. The molecule has 0 aliphatic carbocycles. The summed E-state index contributed by atoms with van der Waals surface area (Å²) in [6.07, 6.45) is 4.15. The van der Waals surface area contributed by atoms with Crippen molar-refractivity contribution in [1.82, 2.24) is 14.6 Å². The van der Waals surface area contributed by atoms with Gasteiger partial charge in [0.05, 0.1) is 0 Å². The summed E-state index contributed by atoms with van der Waals surface area (Å²) in [5.74, 6) is 1.65. The number of fused-ring (bicyclic) bond motifs is 1. The van der Waals surface area contributed by atoms with Crippen LogP contribution in [0.15, 0.2) is 18.5 Å². The van der Waals surface area contributed by atoms with Crippen LogP contribution in [0.3, 0.4) is 0 Å². The van der Waals surface area contributed by atoms with Gasteiger partial charge < -0.3 is 5.32 Å². The third kappa shape index (κ3) is 3.03. The molecule has 2 rings (SSSR count). The highest BCUT2D eigenvalue weighted by molar-refractivity contribution is 7.84. The second-order valence-electron chi connectivity index (χ2n) is 4.01. The Balaban J connectivity index is 2.07. The molecular formula is C11H16N4OS. The van der Waals surface area contributed by atoms with Gasteiger partial charge in [-0.2, -0.15) is 9.61 Å². The van der Waals surface area contributed by atoms with Crippen molar-refractivity contribution in [2.75, 3.05) is 23.9 Å². The van der Waals surface area contributed by atoms with E-state index >= 15 is 0 Å².